The SMILES string of the molecule is O=Cc1cc(Cc2ccncc2)[nH]n1. The van der Waals surface area contributed by atoms with Crippen LogP contribution >= 0.6 is 0 Å². The summed E-state index contributed by atoms with van der Waals surface area (Å²) >= 11 is 0. The fourth-order valence-corrected chi connectivity index (χ4v) is 1.25. The fourth-order valence-electron chi connectivity index (χ4n) is 1.25. The maximum absolute atomic E-state index is 10.4. The molecular weight excluding hydrogens is 178 g/mol. The first-order chi connectivity index (χ1) is 6.88. The minimum Gasteiger partial charge on any atom is -0.296 e. The molecule has 0 radical (unpaired) electrons. The number of aromatic amines is 1. The molecule has 0 saturated heterocycles. The van der Waals surface area contributed by atoms with Crippen LogP contribution in [0.4, 0.5) is 0 Å². The summed E-state index contributed by atoms with van der Waals surface area (Å²) in [7, 11) is 0. The molecule has 0 fully saturated rings. The molecule has 0 aliphatic carbocycles. The van der Waals surface area contributed by atoms with Gasteiger partial charge in [0.25, 0.3) is 0 Å². The smallest absolute Gasteiger partial charge is 0.170 e. The summed E-state index contributed by atoms with van der Waals surface area (Å²) in [5.74, 6) is 0. The molecule has 0 aliphatic rings. The van der Waals surface area contributed by atoms with E-state index in [9.17, 15) is 4.79 Å². The second-order valence-corrected chi connectivity index (χ2v) is 2.97. The van der Waals surface area contributed by atoms with Crippen molar-refractivity contribution in [1.29, 1.82) is 0 Å². The van der Waals surface area contributed by atoms with Crippen molar-refractivity contribution in [3.63, 3.8) is 0 Å². The van der Waals surface area contributed by atoms with Gasteiger partial charge in [-0.05, 0) is 23.8 Å². The number of aromatic nitrogens is 3. The van der Waals surface area contributed by atoms with E-state index in [0.29, 0.717) is 5.69 Å². The molecule has 0 atom stereocenters. The van der Waals surface area contributed by atoms with Crippen LogP contribution in [0.5, 0.6) is 0 Å². The number of nitrogens with one attached hydrogen (secondary N) is 1. The summed E-state index contributed by atoms with van der Waals surface area (Å²) < 4.78 is 0. The van der Waals surface area contributed by atoms with Crippen molar-refractivity contribution < 1.29 is 4.79 Å². The van der Waals surface area contributed by atoms with Crippen molar-refractivity contribution in [2.45, 2.75) is 6.42 Å². The molecule has 2 aromatic heterocycles. The van der Waals surface area contributed by atoms with Crippen molar-refractivity contribution in [2.24, 2.45) is 0 Å². The Labute approximate surface area is 81.0 Å². The lowest BCUT2D eigenvalue weighted by molar-refractivity contribution is 0.111. The highest BCUT2D eigenvalue weighted by molar-refractivity contribution is 5.71. The second-order valence-electron chi connectivity index (χ2n) is 2.97. The van der Waals surface area contributed by atoms with Crippen LogP contribution in [0.3, 0.4) is 0 Å². The first kappa shape index (κ1) is 8.62. The third kappa shape index (κ3) is 1.85. The van der Waals surface area contributed by atoms with Crippen LogP contribution in [0.1, 0.15) is 21.7 Å². The minimum absolute atomic E-state index is 0.439. The Hall–Kier alpha value is -1.97. The van der Waals surface area contributed by atoms with Gasteiger partial charge < -0.3 is 0 Å². The molecule has 0 amide bonds. The summed E-state index contributed by atoms with van der Waals surface area (Å²) in [5.41, 5.74) is 2.51. The van der Waals surface area contributed by atoms with Crippen LogP contribution in [-0.4, -0.2) is 21.5 Å². The van der Waals surface area contributed by atoms with Gasteiger partial charge in [-0.3, -0.25) is 14.9 Å². The average Bonchev–Trinajstić information content (AvgIpc) is 2.67. The lowest BCUT2D eigenvalue weighted by atomic mass is 10.1. The number of carbonyl (C=O) groups excluding carboxylic acids is 1. The number of hydrogen-bond donors (Lipinski definition) is 1. The molecule has 0 aliphatic heterocycles. The van der Waals surface area contributed by atoms with Crippen LogP contribution in [0, 0.1) is 0 Å². The van der Waals surface area contributed by atoms with Gasteiger partial charge in [0, 0.05) is 24.5 Å². The van der Waals surface area contributed by atoms with Gasteiger partial charge in [0.1, 0.15) is 5.69 Å². The first-order valence-corrected chi connectivity index (χ1v) is 4.27. The Morgan fingerprint density at radius 1 is 1.36 bits per heavy atom. The third-order valence-electron chi connectivity index (χ3n) is 1.92. The van der Waals surface area contributed by atoms with E-state index in [4.69, 9.17) is 0 Å². The highest BCUT2D eigenvalue weighted by Crippen LogP contribution is 2.06. The van der Waals surface area contributed by atoms with E-state index in [1.807, 2.05) is 12.1 Å². The lowest BCUT2D eigenvalue weighted by Gasteiger charge is -1.95. The minimum atomic E-state index is 0.439. The predicted octanol–water partition coefficient (Wildman–Crippen LogP) is 1.21. The van der Waals surface area contributed by atoms with Gasteiger partial charge in [-0.25, -0.2) is 0 Å². The molecule has 0 spiro atoms. The number of rotatable bonds is 3. The number of aldehydes is 1. The van der Waals surface area contributed by atoms with Crippen molar-refractivity contribution >= 4 is 6.29 Å². The number of carbonyl (C=O) groups is 1. The van der Waals surface area contributed by atoms with E-state index in [0.717, 1.165) is 24.0 Å². The van der Waals surface area contributed by atoms with Gasteiger partial charge in [0.05, 0.1) is 0 Å². The largest absolute Gasteiger partial charge is 0.296 e. The third-order valence-corrected chi connectivity index (χ3v) is 1.92. The van der Waals surface area contributed by atoms with Gasteiger partial charge in [-0.2, -0.15) is 5.10 Å². The molecule has 4 heteroatoms. The summed E-state index contributed by atoms with van der Waals surface area (Å²) in [4.78, 5) is 14.3. The monoisotopic (exact) mass is 187 g/mol. The topological polar surface area (TPSA) is 58.6 Å². The Balaban J connectivity index is 2.15. The van der Waals surface area contributed by atoms with Crippen LogP contribution in [0.2, 0.25) is 0 Å². The van der Waals surface area contributed by atoms with Crippen LogP contribution < -0.4 is 0 Å². The highest BCUT2D eigenvalue weighted by Gasteiger charge is 2.00. The summed E-state index contributed by atoms with van der Waals surface area (Å²) in [6.07, 6.45) is 4.95. The van der Waals surface area contributed by atoms with Gasteiger partial charge in [-0.15, -0.1) is 0 Å². The summed E-state index contributed by atoms with van der Waals surface area (Å²) in [6.45, 7) is 0. The zero-order chi connectivity index (χ0) is 9.80. The normalized spacial score (nSPS) is 10.0. The Morgan fingerprint density at radius 3 is 2.79 bits per heavy atom. The van der Waals surface area contributed by atoms with E-state index < -0.39 is 0 Å². The molecule has 1 N–H and O–H groups in total. The Kier molecular flexibility index (Phi) is 2.36. The standard InChI is InChI=1S/C10H9N3O/c14-7-10-6-9(12-13-10)5-8-1-3-11-4-2-8/h1-4,6-7H,5H2,(H,12,13). The maximum atomic E-state index is 10.4. The molecule has 2 aromatic rings. The van der Waals surface area contributed by atoms with E-state index in [2.05, 4.69) is 15.2 Å². The average molecular weight is 187 g/mol. The van der Waals surface area contributed by atoms with Gasteiger partial charge >= 0.3 is 0 Å². The zero-order valence-corrected chi connectivity index (χ0v) is 7.47. The lowest BCUT2D eigenvalue weighted by Crippen LogP contribution is -1.87. The molecule has 0 saturated carbocycles. The Bertz CT molecular complexity index is 422. The molecule has 70 valence electrons. The molecule has 0 bridgehead atoms. The van der Waals surface area contributed by atoms with Crippen LogP contribution in [0.15, 0.2) is 30.6 Å². The molecule has 0 aromatic carbocycles. The summed E-state index contributed by atoms with van der Waals surface area (Å²) in [5, 5.41) is 6.63. The van der Waals surface area contributed by atoms with Crippen molar-refractivity contribution in [3.8, 4) is 0 Å². The molecule has 2 heterocycles. The molecule has 0 unspecified atom stereocenters. The number of hydrogen-bond acceptors (Lipinski definition) is 3. The first-order valence-electron chi connectivity index (χ1n) is 4.27. The second kappa shape index (κ2) is 3.83. The fraction of sp³-hybridized carbons (Fsp3) is 0.100. The highest BCUT2D eigenvalue weighted by atomic mass is 16.1. The van der Waals surface area contributed by atoms with E-state index >= 15 is 0 Å². The number of nitrogens with zero attached hydrogens (tertiary/aromatic N) is 2. The van der Waals surface area contributed by atoms with Crippen LogP contribution in [0.25, 0.3) is 0 Å². The number of H-pyrrole nitrogens is 1. The van der Waals surface area contributed by atoms with E-state index in [1.54, 1.807) is 18.5 Å². The zero-order valence-electron chi connectivity index (χ0n) is 7.47. The molecule has 2 rings (SSSR count). The quantitative estimate of drug-likeness (QED) is 0.734. The predicted molar refractivity (Wildman–Crippen MR) is 51.0 cm³/mol. The number of pyridine rings is 1. The van der Waals surface area contributed by atoms with Gasteiger partial charge in [-0.1, -0.05) is 0 Å². The van der Waals surface area contributed by atoms with Crippen molar-refractivity contribution in [3.05, 3.63) is 47.5 Å². The van der Waals surface area contributed by atoms with Gasteiger partial charge in [0.2, 0.25) is 0 Å². The van der Waals surface area contributed by atoms with Crippen molar-refractivity contribution in [1.82, 2.24) is 15.2 Å². The van der Waals surface area contributed by atoms with Crippen molar-refractivity contribution in [2.75, 3.05) is 0 Å². The molecular formula is C10H9N3O. The van der Waals surface area contributed by atoms with Crippen LogP contribution in [-0.2, 0) is 6.42 Å². The van der Waals surface area contributed by atoms with Gasteiger partial charge in [0.15, 0.2) is 6.29 Å². The summed E-state index contributed by atoms with van der Waals surface area (Å²) in [6, 6.07) is 5.61. The Morgan fingerprint density at radius 2 is 2.14 bits per heavy atom. The van der Waals surface area contributed by atoms with E-state index in [-0.39, 0.29) is 0 Å². The van der Waals surface area contributed by atoms with E-state index in [1.165, 1.54) is 0 Å². The maximum Gasteiger partial charge on any atom is 0.170 e. The molecule has 14 heavy (non-hydrogen) atoms. The molecule has 4 nitrogen and oxygen atoms in total.